The first-order valence-electron chi connectivity index (χ1n) is 8.89. The Kier molecular flexibility index (Phi) is 16.7. The summed E-state index contributed by atoms with van der Waals surface area (Å²) in [7, 11) is 0. The number of unbranched alkanes of at least 4 members (excludes halogenated alkanes) is 9. The standard InChI is InChI=1S/C18H33N.HIO3/c1-3-4-5-6-7-8-9-10-11-12-15-19-16-13-18(2)14-17-19;2-1(3)4/h13-14,16H,3-12,15,17H2,1-2H3;2H. The Hall–Kier alpha value is -0.110. The molecule has 1 aliphatic heterocycles. The van der Waals surface area contributed by atoms with Crippen LogP contribution in [0.5, 0.6) is 0 Å². The maximum atomic E-state index is 8.68. The molecule has 136 valence electrons. The first kappa shape index (κ1) is 22.9. The van der Waals surface area contributed by atoms with Gasteiger partial charge in [0.2, 0.25) is 0 Å². The molecule has 1 N–H and O–H groups in total. The molecule has 0 bridgehead atoms. The Balaban J connectivity index is 0.00000108. The van der Waals surface area contributed by atoms with Crippen molar-refractivity contribution in [1.82, 2.24) is 4.90 Å². The van der Waals surface area contributed by atoms with Crippen molar-refractivity contribution in [3.63, 3.8) is 0 Å². The largest absolute Gasteiger partial charge is 0.503 e. The third-order valence-corrected chi connectivity index (χ3v) is 3.99. The van der Waals surface area contributed by atoms with Crippen LogP contribution in [0.1, 0.15) is 78.1 Å². The second kappa shape index (κ2) is 16.7. The van der Waals surface area contributed by atoms with E-state index in [1.807, 2.05) is 0 Å². The van der Waals surface area contributed by atoms with Gasteiger partial charge in [0.05, 0.1) is 0 Å². The molecule has 0 saturated carbocycles. The lowest BCUT2D eigenvalue weighted by Crippen LogP contribution is -3.98. The number of allylic oxidation sites excluding steroid dienone is 2. The summed E-state index contributed by atoms with van der Waals surface area (Å²) in [6.07, 6.45) is 21.0. The van der Waals surface area contributed by atoms with E-state index in [4.69, 9.17) is 10.3 Å². The van der Waals surface area contributed by atoms with Gasteiger partial charge in [-0.15, -0.1) is 0 Å². The molecule has 23 heavy (non-hydrogen) atoms. The highest BCUT2D eigenvalue weighted by Gasteiger charge is 2.01. The predicted molar refractivity (Wildman–Crippen MR) is 88.5 cm³/mol. The molecule has 0 aromatic rings. The van der Waals surface area contributed by atoms with Crippen LogP contribution < -0.4 is 27.9 Å². The van der Waals surface area contributed by atoms with Crippen molar-refractivity contribution in [2.45, 2.75) is 78.1 Å². The zero-order chi connectivity index (χ0) is 17.3. The van der Waals surface area contributed by atoms with Crippen LogP contribution in [0.3, 0.4) is 0 Å². The maximum absolute atomic E-state index is 8.68. The average molecular weight is 439 g/mol. The molecule has 1 heterocycles. The van der Waals surface area contributed by atoms with E-state index in [0.717, 1.165) is 6.54 Å². The van der Waals surface area contributed by atoms with Crippen molar-refractivity contribution in [2.75, 3.05) is 13.1 Å². The zero-order valence-electron chi connectivity index (χ0n) is 14.8. The fraction of sp³-hybridized carbons (Fsp3) is 0.778. The van der Waals surface area contributed by atoms with Crippen LogP contribution in [0, 0.1) is 0 Å². The van der Waals surface area contributed by atoms with Crippen LogP contribution in [-0.2, 0) is 0 Å². The quantitative estimate of drug-likeness (QED) is 0.356. The summed E-state index contributed by atoms with van der Waals surface area (Å²) in [5, 5.41) is 0. The van der Waals surface area contributed by atoms with Gasteiger partial charge in [-0.25, -0.2) is 0 Å². The van der Waals surface area contributed by atoms with E-state index in [2.05, 4.69) is 37.1 Å². The fourth-order valence-corrected chi connectivity index (χ4v) is 2.58. The van der Waals surface area contributed by atoms with Gasteiger partial charge in [-0.05, 0) is 29.1 Å². The Labute approximate surface area is 151 Å². The summed E-state index contributed by atoms with van der Waals surface area (Å²) < 4.78 is 24.5. The maximum Gasteiger partial charge on any atom is 0.503 e. The van der Waals surface area contributed by atoms with Crippen molar-refractivity contribution < 1.29 is 31.4 Å². The van der Waals surface area contributed by atoms with Crippen molar-refractivity contribution in [1.29, 1.82) is 0 Å². The summed E-state index contributed by atoms with van der Waals surface area (Å²) in [4.78, 5) is 2.43. The van der Waals surface area contributed by atoms with Gasteiger partial charge in [0.25, 0.3) is 0 Å². The number of hydrogen-bond acceptors (Lipinski definition) is 4. The molecule has 4 nitrogen and oxygen atoms in total. The smallest absolute Gasteiger partial charge is 0.396 e. The summed E-state index contributed by atoms with van der Waals surface area (Å²) in [6, 6.07) is 0. The minimum absolute atomic E-state index is 1.11. The van der Waals surface area contributed by atoms with Gasteiger partial charge in [0.15, 0.2) is 0 Å². The van der Waals surface area contributed by atoms with E-state index >= 15 is 0 Å². The molecule has 0 atom stereocenters. The van der Waals surface area contributed by atoms with Gasteiger partial charge in [-0.2, -0.15) is 0 Å². The SMILES string of the molecule is CCCCCCCCCCCCN1C=CC(C)=CC1.[O-][I+2]([O-])O. The average Bonchev–Trinajstić information content (AvgIpc) is 2.50. The molecule has 0 spiro atoms. The highest BCUT2D eigenvalue weighted by Crippen LogP contribution is 2.12. The zero-order valence-corrected chi connectivity index (χ0v) is 17.0. The van der Waals surface area contributed by atoms with Crippen LogP contribution in [-0.4, -0.2) is 21.4 Å². The number of hydrogen-bond donors (Lipinski definition) is 1. The lowest BCUT2D eigenvalue weighted by atomic mass is 10.1. The van der Waals surface area contributed by atoms with Gasteiger partial charge in [-0.1, -0.05) is 76.4 Å². The second-order valence-electron chi connectivity index (χ2n) is 6.14. The summed E-state index contributed by atoms with van der Waals surface area (Å²) in [6.45, 7) is 6.81. The van der Waals surface area contributed by atoms with Gasteiger partial charge >= 0.3 is 21.1 Å². The first-order valence-corrected chi connectivity index (χ1v) is 11.6. The van der Waals surface area contributed by atoms with Crippen molar-refractivity contribution >= 4 is 0 Å². The Morgan fingerprint density at radius 1 is 1.00 bits per heavy atom. The third-order valence-electron chi connectivity index (χ3n) is 3.99. The van der Waals surface area contributed by atoms with Crippen molar-refractivity contribution in [3.05, 3.63) is 23.9 Å². The van der Waals surface area contributed by atoms with Gasteiger partial charge in [0.1, 0.15) is 0 Å². The van der Waals surface area contributed by atoms with Gasteiger partial charge in [-0.3, -0.25) is 0 Å². The lowest BCUT2D eigenvalue weighted by molar-refractivity contribution is -1.63. The molecule has 1 rings (SSSR count). The van der Waals surface area contributed by atoms with Crippen LogP contribution in [0.2, 0.25) is 0 Å². The number of halogens is 1. The lowest BCUT2D eigenvalue weighted by Gasteiger charge is -2.21. The van der Waals surface area contributed by atoms with E-state index in [9.17, 15) is 0 Å². The molecule has 0 aromatic carbocycles. The Morgan fingerprint density at radius 3 is 1.91 bits per heavy atom. The molecule has 0 saturated heterocycles. The van der Waals surface area contributed by atoms with E-state index in [-0.39, 0.29) is 0 Å². The third kappa shape index (κ3) is 18.1. The molecule has 0 aliphatic carbocycles. The molecule has 5 heteroatoms. The highest BCUT2D eigenvalue weighted by molar-refractivity contribution is 5.19. The van der Waals surface area contributed by atoms with Crippen LogP contribution in [0.25, 0.3) is 0 Å². The highest BCUT2D eigenvalue weighted by atomic mass is 127. The molecule has 0 amide bonds. The van der Waals surface area contributed by atoms with Crippen molar-refractivity contribution in [3.8, 4) is 0 Å². The molecule has 0 radical (unpaired) electrons. The van der Waals surface area contributed by atoms with Crippen LogP contribution in [0.15, 0.2) is 23.9 Å². The molecule has 0 fully saturated rings. The van der Waals surface area contributed by atoms with Gasteiger partial charge < -0.3 is 11.8 Å². The van der Waals surface area contributed by atoms with Crippen molar-refractivity contribution in [2.24, 2.45) is 0 Å². The van der Waals surface area contributed by atoms with E-state index in [1.165, 1.54) is 76.3 Å². The molecular weight excluding hydrogens is 405 g/mol. The fourth-order valence-electron chi connectivity index (χ4n) is 2.58. The van der Waals surface area contributed by atoms with E-state index < -0.39 is 21.1 Å². The summed E-state index contributed by atoms with van der Waals surface area (Å²) in [5.41, 5.74) is 1.40. The molecule has 1 aliphatic rings. The van der Waals surface area contributed by atoms with Crippen LogP contribution >= 0.6 is 0 Å². The molecular formula is C18H34INO3. The number of nitrogens with zero attached hydrogens (tertiary/aromatic N) is 1. The Bertz CT molecular complexity index is 317. The number of rotatable bonds is 11. The second-order valence-corrected chi connectivity index (χ2v) is 7.29. The topological polar surface area (TPSA) is 69.6 Å². The molecule has 0 unspecified atom stereocenters. The molecule has 0 aromatic heterocycles. The van der Waals surface area contributed by atoms with E-state index in [1.54, 1.807) is 0 Å². The summed E-state index contributed by atoms with van der Waals surface area (Å²) in [5.74, 6) is 0. The predicted octanol–water partition coefficient (Wildman–Crippen LogP) is -0.248. The minimum Gasteiger partial charge on any atom is -0.396 e. The monoisotopic (exact) mass is 439 g/mol. The normalized spacial score (nSPS) is 13.8. The minimum atomic E-state index is -3.76. The first-order chi connectivity index (χ1) is 11.1. The van der Waals surface area contributed by atoms with Gasteiger partial charge in [0, 0.05) is 13.1 Å². The van der Waals surface area contributed by atoms with Crippen LogP contribution in [0.4, 0.5) is 0 Å². The Morgan fingerprint density at radius 2 is 1.48 bits per heavy atom. The van der Waals surface area contributed by atoms with E-state index in [0.29, 0.717) is 0 Å². The summed E-state index contributed by atoms with van der Waals surface area (Å²) >= 11 is -3.76.